The molecule has 4 aliphatic rings. The van der Waals surface area contributed by atoms with Gasteiger partial charge in [-0.25, -0.2) is 24.7 Å². The molecule has 2 amide bonds. The first-order valence-corrected chi connectivity index (χ1v) is 20.0. The number of Topliss-reactive ketones (excluding diaryl/α,β-unsaturated/α-hetero) is 1. The first kappa shape index (κ1) is 37.8. The molecule has 7 rings (SSSR count). The lowest BCUT2D eigenvalue weighted by Crippen LogP contribution is -2.57. The third-order valence-electron chi connectivity index (χ3n) is 11.5. The Morgan fingerprint density at radius 1 is 0.963 bits per heavy atom. The summed E-state index contributed by atoms with van der Waals surface area (Å²) in [5.74, 6) is 1.40. The number of fused-ring (bicyclic) bond motifs is 5. The predicted molar refractivity (Wildman–Crippen MR) is 203 cm³/mol. The van der Waals surface area contributed by atoms with E-state index in [1.807, 2.05) is 45.9 Å². The summed E-state index contributed by atoms with van der Waals surface area (Å²) >= 11 is 0. The standard InChI is InChI=1S/C41H55N7O6/c1-5-28-33-24-48(34(28)35(49)26-15-16-26)38(50)36(41(2,3)4)47-40(51)54-32-14-9-12-25(32)11-7-6-8-13-30-37(53-33)46-31-23-27(17-18-29(31)45-30)52-22-21-44-39-42-19-10-20-43-39/h10,17-20,23,25-26,28,32-34,36H,5-9,11-16,21-22,24H2,1-4H3,(H,47,51)(H,42,43,44)/t25-,28-,32-,33+,34+,36-/m1/s1. The number of benzene rings is 1. The summed E-state index contributed by atoms with van der Waals surface area (Å²) in [6.07, 6.45) is 11.9. The van der Waals surface area contributed by atoms with E-state index in [1.165, 1.54) is 0 Å². The number of carbonyl (C=O) groups is 3. The summed E-state index contributed by atoms with van der Waals surface area (Å²) in [4.78, 5) is 62.4. The van der Waals surface area contributed by atoms with Crippen molar-refractivity contribution in [2.45, 2.75) is 123 Å². The first-order valence-electron chi connectivity index (χ1n) is 20.0. The van der Waals surface area contributed by atoms with Crippen molar-refractivity contribution in [1.29, 1.82) is 0 Å². The largest absolute Gasteiger partial charge is 0.492 e. The topological polar surface area (TPSA) is 158 Å². The van der Waals surface area contributed by atoms with Gasteiger partial charge in [-0.2, -0.15) is 0 Å². The van der Waals surface area contributed by atoms with Crippen LogP contribution < -0.4 is 20.1 Å². The molecule has 2 bridgehead atoms. The van der Waals surface area contributed by atoms with Gasteiger partial charge in [-0.1, -0.05) is 40.5 Å². The molecule has 13 heteroatoms. The number of amides is 2. The van der Waals surface area contributed by atoms with Crippen LogP contribution in [-0.2, 0) is 20.7 Å². The molecule has 3 aromatic rings. The van der Waals surface area contributed by atoms with Crippen LogP contribution in [0.3, 0.4) is 0 Å². The van der Waals surface area contributed by atoms with Crippen LogP contribution in [0, 0.1) is 23.2 Å². The third kappa shape index (κ3) is 8.70. The summed E-state index contributed by atoms with van der Waals surface area (Å²) in [6.45, 7) is 8.96. The van der Waals surface area contributed by atoms with Crippen LogP contribution in [0.15, 0.2) is 36.7 Å². The SMILES string of the molecule is CC[C@@H]1[C@@H]2CN(C(=O)[C@H](C(C)(C)C)NC(=O)O[C@@H]3CCC[C@H]3CCCCCc3nc4ccc(OCCNc5ncccn5)cc4nc3O2)[C@@H]1C(=O)C1CC1. The number of alkyl carbamates (subject to hydrolysis) is 1. The monoisotopic (exact) mass is 741 g/mol. The average Bonchev–Trinajstić information content (AvgIpc) is 3.82. The summed E-state index contributed by atoms with van der Waals surface area (Å²) < 4.78 is 18.9. The number of ketones is 1. The second-order valence-electron chi connectivity index (χ2n) is 16.5. The van der Waals surface area contributed by atoms with E-state index in [1.54, 1.807) is 23.4 Å². The second kappa shape index (κ2) is 16.4. The van der Waals surface area contributed by atoms with Gasteiger partial charge in [0.05, 0.1) is 30.2 Å². The fourth-order valence-electron chi connectivity index (χ4n) is 8.42. The number of rotatable bonds is 8. The molecule has 6 atom stereocenters. The minimum atomic E-state index is -0.889. The Kier molecular flexibility index (Phi) is 11.5. The summed E-state index contributed by atoms with van der Waals surface area (Å²) in [5.41, 5.74) is 1.52. The highest BCUT2D eigenvalue weighted by atomic mass is 16.6. The zero-order valence-corrected chi connectivity index (χ0v) is 32.1. The number of aryl methyl sites for hydroxylation is 1. The van der Waals surface area contributed by atoms with Gasteiger partial charge >= 0.3 is 6.09 Å². The highest BCUT2D eigenvalue weighted by Crippen LogP contribution is 2.41. The van der Waals surface area contributed by atoms with Gasteiger partial charge in [0.2, 0.25) is 17.7 Å². The van der Waals surface area contributed by atoms with Crippen LogP contribution >= 0.6 is 0 Å². The molecular formula is C41H55N7O6. The Bertz CT molecular complexity index is 1800. The molecule has 2 aliphatic heterocycles. The van der Waals surface area contributed by atoms with Crippen LogP contribution in [0.1, 0.15) is 97.6 Å². The van der Waals surface area contributed by atoms with E-state index in [0.29, 0.717) is 55.0 Å². The van der Waals surface area contributed by atoms with Gasteiger partial charge in [0, 0.05) is 30.3 Å². The van der Waals surface area contributed by atoms with Crippen molar-refractivity contribution >= 4 is 34.8 Å². The van der Waals surface area contributed by atoms with Crippen molar-refractivity contribution < 1.29 is 28.6 Å². The van der Waals surface area contributed by atoms with Crippen molar-refractivity contribution in [3.05, 3.63) is 42.4 Å². The predicted octanol–water partition coefficient (Wildman–Crippen LogP) is 6.30. The molecule has 0 radical (unpaired) electrons. The highest BCUT2D eigenvalue weighted by molar-refractivity contribution is 5.95. The average molecular weight is 742 g/mol. The van der Waals surface area contributed by atoms with Crippen molar-refractivity contribution in [2.24, 2.45) is 23.2 Å². The van der Waals surface area contributed by atoms with Gasteiger partial charge in [-0.05, 0) is 87.3 Å². The van der Waals surface area contributed by atoms with Gasteiger partial charge in [0.15, 0.2) is 5.78 Å². The highest BCUT2D eigenvalue weighted by Gasteiger charge is 2.53. The van der Waals surface area contributed by atoms with E-state index in [-0.39, 0.29) is 36.2 Å². The van der Waals surface area contributed by atoms with Gasteiger partial charge in [-0.15, -0.1) is 0 Å². The molecule has 54 heavy (non-hydrogen) atoms. The fraction of sp³-hybridized carbons (Fsp3) is 0.634. The van der Waals surface area contributed by atoms with Crippen molar-refractivity contribution in [1.82, 2.24) is 30.2 Å². The van der Waals surface area contributed by atoms with E-state index < -0.39 is 29.7 Å². The molecule has 2 aliphatic carbocycles. The molecule has 3 fully saturated rings. The molecule has 1 saturated heterocycles. The summed E-state index contributed by atoms with van der Waals surface area (Å²) in [5, 5.41) is 6.11. The quantitative estimate of drug-likeness (QED) is 0.250. The normalized spacial score (nSPS) is 26.8. The number of nitrogens with zero attached hydrogens (tertiary/aromatic N) is 5. The maximum Gasteiger partial charge on any atom is 0.408 e. The van der Waals surface area contributed by atoms with E-state index in [0.717, 1.165) is 69.0 Å². The zero-order chi connectivity index (χ0) is 37.8. The molecule has 2 saturated carbocycles. The van der Waals surface area contributed by atoms with Gasteiger partial charge < -0.3 is 29.7 Å². The van der Waals surface area contributed by atoms with Crippen LogP contribution in [0.4, 0.5) is 10.7 Å². The van der Waals surface area contributed by atoms with Crippen LogP contribution in [0.5, 0.6) is 11.6 Å². The third-order valence-corrected chi connectivity index (χ3v) is 11.5. The Balaban J connectivity index is 1.19. The maximum absolute atomic E-state index is 14.7. The number of ether oxygens (including phenoxy) is 3. The Morgan fingerprint density at radius 2 is 1.76 bits per heavy atom. The molecule has 4 heterocycles. The van der Waals surface area contributed by atoms with Crippen LogP contribution in [-0.4, -0.2) is 86.6 Å². The molecule has 290 valence electrons. The maximum atomic E-state index is 14.7. The molecule has 2 aromatic heterocycles. The second-order valence-corrected chi connectivity index (χ2v) is 16.5. The lowest BCUT2D eigenvalue weighted by molar-refractivity contribution is -0.142. The van der Waals surface area contributed by atoms with E-state index >= 15 is 0 Å². The Labute approximate surface area is 317 Å². The molecular weight excluding hydrogens is 686 g/mol. The fourth-order valence-corrected chi connectivity index (χ4v) is 8.42. The molecule has 0 spiro atoms. The van der Waals surface area contributed by atoms with Crippen LogP contribution in [0.2, 0.25) is 0 Å². The first-order chi connectivity index (χ1) is 26.1. The smallest absolute Gasteiger partial charge is 0.408 e. The minimum absolute atomic E-state index is 0.0603. The van der Waals surface area contributed by atoms with Gasteiger partial charge in [-0.3, -0.25) is 9.59 Å². The van der Waals surface area contributed by atoms with Crippen molar-refractivity contribution in [3.8, 4) is 11.6 Å². The number of carbonyl (C=O) groups excluding carboxylic acids is 3. The summed E-state index contributed by atoms with van der Waals surface area (Å²) in [6, 6.07) is 5.91. The Hall–Kier alpha value is -4.55. The van der Waals surface area contributed by atoms with Crippen molar-refractivity contribution in [2.75, 3.05) is 25.0 Å². The molecule has 1 aromatic carbocycles. The number of aromatic nitrogens is 4. The lowest BCUT2D eigenvalue weighted by Gasteiger charge is -2.36. The molecule has 0 unspecified atom stereocenters. The summed E-state index contributed by atoms with van der Waals surface area (Å²) in [7, 11) is 0. The van der Waals surface area contributed by atoms with E-state index in [2.05, 4.69) is 20.6 Å². The number of anilines is 1. The van der Waals surface area contributed by atoms with Crippen molar-refractivity contribution in [3.63, 3.8) is 0 Å². The minimum Gasteiger partial charge on any atom is -0.492 e. The molecule has 13 nitrogen and oxygen atoms in total. The van der Waals surface area contributed by atoms with E-state index in [9.17, 15) is 14.4 Å². The zero-order valence-electron chi connectivity index (χ0n) is 32.1. The Morgan fingerprint density at radius 3 is 2.52 bits per heavy atom. The van der Waals surface area contributed by atoms with E-state index in [4.69, 9.17) is 24.2 Å². The van der Waals surface area contributed by atoms with Gasteiger partial charge in [0.25, 0.3) is 0 Å². The van der Waals surface area contributed by atoms with Gasteiger partial charge in [0.1, 0.15) is 36.3 Å². The molecule has 2 N–H and O–H groups in total. The van der Waals surface area contributed by atoms with Crippen LogP contribution in [0.25, 0.3) is 11.0 Å². The number of hydrogen-bond donors (Lipinski definition) is 2. The lowest BCUT2D eigenvalue weighted by atomic mass is 9.85. The number of nitrogens with one attached hydrogen (secondary N) is 2. The number of hydrogen-bond acceptors (Lipinski definition) is 11.